The second-order valence-corrected chi connectivity index (χ2v) is 6.21. The molecule has 0 aliphatic rings. The Morgan fingerprint density at radius 1 is 1.28 bits per heavy atom. The van der Waals surface area contributed by atoms with Crippen molar-refractivity contribution in [2.45, 2.75) is 27.2 Å². The fraction of sp³-hybridized carbons (Fsp3) is 0.533. The highest BCUT2D eigenvalue weighted by atomic mass is 32.1. The lowest BCUT2D eigenvalue weighted by molar-refractivity contribution is 0.363. The minimum atomic E-state index is 0.672. The largest absolute Gasteiger partial charge is 0.317 e. The smallest absolute Gasteiger partial charge is 0.0941 e. The molecule has 2 nitrogen and oxygen atoms in total. The summed E-state index contributed by atoms with van der Waals surface area (Å²) in [5.74, 6) is 1.36. The van der Waals surface area contributed by atoms with E-state index in [1.165, 1.54) is 9.71 Å². The zero-order valence-electron chi connectivity index (χ0n) is 11.4. The Hall–Kier alpha value is -0.930. The van der Waals surface area contributed by atoms with E-state index < -0.39 is 0 Å². The van der Waals surface area contributed by atoms with Gasteiger partial charge in [0, 0.05) is 6.42 Å². The number of rotatable bonds is 6. The van der Waals surface area contributed by atoms with Gasteiger partial charge in [0.25, 0.3) is 0 Å². The van der Waals surface area contributed by atoms with Crippen LogP contribution in [0.25, 0.3) is 10.2 Å². The topological polar surface area (TPSA) is 24.9 Å². The summed E-state index contributed by atoms with van der Waals surface area (Å²) >= 11 is 1.84. The number of nitrogens with one attached hydrogen (secondary N) is 1. The lowest BCUT2D eigenvalue weighted by Crippen LogP contribution is -2.27. The van der Waals surface area contributed by atoms with Crippen LogP contribution in [0.2, 0.25) is 0 Å². The van der Waals surface area contributed by atoms with Crippen molar-refractivity contribution in [3.63, 3.8) is 0 Å². The maximum Gasteiger partial charge on any atom is 0.0941 e. The Morgan fingerprint density at radius 3 is 2.72 bits per heavy atom. The third-order valence-electron chi connectivity index (χ3n) is 3.37. The van der Waals surface area contributed by atoms with E-state index in [9.17, 15) is 0 Å². The fourth-order valence-electron chi connectivity index (χ4n) is 2.10. The molecule has 0 bridgehead atoms. The van der Waals surface area contributed by atoms with Crippen LogP contribution in [0.1, 0.15) is 25.8 Å². The van der Waals surface area contributed by atoms with Gasteiger partial charge in [0.2, 0.25) is 0 Å². The Morgan fingerprint density at radius 2 is 2.06 bits per heavy atom. The Kier molecular flexibility index (Phi) is 4.72. The van der Waals surface area contributed by atoms with Gasteiger partial charge < -0.3 is 5.32 Å². The van der Waals surface area contributed by atoms with Crippen molar-refractivity contribution in [2.75, 3.05) is 13.1 Å². The van der Waals surface area contributed by atoms with Gasteiger partial charge in [0.15, 0.2) is 0 Å². The van der Waals surface area contributed by atoms with Gasteiger partial charge in [-0.15, -0.1) is 11.3 Å². The molecule has 98 valence electrons. The van der Waals surface area contributed by atoms with Crippen molar-refractivity contribution < 1.29 is 0 Å². The van der Waals surface area contributed by atoms with Gasteiger partial charge in [-0.25, -0.2) is 4.98 Å². The molecule has 0 amide bonds. The van der Waals surface area contributed by atoms with E-state index in [1.807, 2.05) is 11.3 Å². The normalized spacial score (nSPS) is 13.3. The van der Waals surface area contributed by atoms with Crippen molar-refractivity contribution in [3.8, 4) is 0 Å². The summed E-state index contributed by atoms with van der Waals surface area (Å²) in [5.41, 5.74) is 1.14. The van der Waals surface area contributed by atoms with Crippen molar-refractivity contribution in [1.29, 1.82) is 0 Å². The van der Waals surface area contributed by atoms with Crippen LogP contribution in [0, 0.1) is 11.8 Å². The number of fused-ring (bicyclic) bond motifs is 1. The van der Waals surface area contributed by atoms with E-state index in [-0.39, 0.29) is 0 Å². The highest BCUT2D eigenvalue weighted by Crippen LogP contribution is 2.25. The molecule has 2 rings (SSSR count). The minimum Gasteiger partial charge on any atom is -0.317 e. The SMILES string of the molecule is CCNCC(Cc1nc2ccccc2s1)C(C)C. The summed E-state index contributed by atoms with van der Waals surface area (Å²) in [7, 11) is 0. The van der Waals surface area contributed by atoms with E-state index in [4.69, 9.17) is 4.98 Å². The molecule has 1 aromatic heterocycles. The molecule has 1 heterocycles. The van der Waals surface area contributed by atoms with Crippen LogP contribution in [0.5, 0.6) is 0 Å². The maximum absolute atomic E-state index is 4.73. The summed E-state index contributed by atoms with van der Waals surface area (Å²) in [4.78, 5) is 4.73. The van der Waals surface area contributed by atoms with Crippen LogP contribution in [0.3, 0.4) is 0 Å². The molecule has 1 aromatic carbocycles. The molecule has 1 atom stereocenters. The first-order chi connectivity index (χ1) is 8.70. The molecule has 0 spiro atoms. The molecule has 1 N–H and O–H groups in total. The van der Waals surface area contributed by atoms with Crippen LogP contribution >= 0.6 is 11.3 Å². The highest BCUT2D eigenvalue weighted by Gasteiger charge is 2.15. The van der Waals surface area contributed by atoms with Crippen LogP contribution in [-0.4, -0.2) is 18.1 Å². The number of thiazole rings is 1. The van der Waals surface area contributed by atoms with Crippen LogP contribution < -0.4 is 5.32 Å². The van der Waals surface area contributed by atoms with Crippen molar-refractivity contribution in [1.82, 2.24) is 10.3 Å². The van der Waals surface area contributed by atoms with Crippen molar-refractivity contribution in [2.24, 2.45) is 11.8 Å². The zero-order valence-corrected chi connectivity index (χ0v) is 12.3. The molecule has 18 heavy (non-hydrogen) atoms. The average Bonchev–Trinajstić information content (AvgIpc) is 2.76. The predicted octanol–water partition coefficient (Wildman–Crippen LogP) is 3.72. The average molecular weight is 262 g/mol. The van der Waals surface area contributed by atoms with Gasteiger partial charge in [-0.3, -0.25) is 0 Å². The van der Waals surface area contributed by atoms with E-state index in [0.717, 1.165) is 25.0 Å². The highest BCUT2D eigenvalue weighted by molar-refractivity contribution is 7.18. The quantitative estimate of drug-likeness (QED) is 0.858. The first-order valence-electron chi connectivity index (χ1n) is 6.76. The second kappa shape index (κ2) is 6.30. The van der Waals surface area contributed by atoms with Gasteiger partial charge in [0.1, 0.15) is 0 Å². The molecule has 0 aliphatic heterocycles. The standard InChI is InChI=1S/C15H22N2S/c1-4-16-10-12(11(2)3)9-15-17-13-7-5-6-8-14(13)18-15/h5-8,11-12,16H,4,9-10H2,1-3H3. The molecular formula is C15H22N2S. The van der Waals surface area contributed by atoms with E-state index >= 15 is 0 Å². The zero-order chi connectivity index (χ0) is 13.0. The second-order valence-electron chi connectivity index (χ2n) is 5.09. The molecular weight excluding hydrogens is 240 g/mol. The summed E-state index contributed by atoms with van der Waals surface area (Å²) < 4.78 is 1.30. The molecule has 1 unspecified atom stereocenters. The van der Waals surface area contributed by atoms with E-state index in [1.54, 1.807) is 0 Å². The molecule has 3 heteroatoms. The number of para-hydroxylation sites is 1. The Balaban J connectivity index is 2.10. The van der Waals surface area contributed by atoms with Gasteiger partial charge >= 0.3 is 0 Å². The van der Waals surface area contributed by atoms with Crippen LogP contribution in [0.4, 0.5) is 0 Å². The lowest BCUT2D eigenvalue weighted by atomic mass is 9.93. The van der Waals surface area contributed by atoms with Gasteiger partial charge in [-0.05, 0) is 37.1 Å². The third-order valence-corrected chi connectivity index (χ3v) is 4.43. The third kappa shape index (κ3) is 3.30. The number of hydrogen-bond donors (Lipinski definition) is 1. The predicted molar refractivity (Wildman–Crippen MR) is 80.2 cm³/mol. The fourth-order valence-corrected chi connectivity index (χ4v) is 3.16. The number of benzene rings is 1. The maximum atomic E-state index is 4.73. The Labute approximate surface area is 113 Å². The molecule has 0 fully saturated rings. The van der Waals surface area contributed by atoms with E-state index in [2.05, 4.69) is 50.4 Å². The summed E-state index contributed by atoms with van der Waals surface area (Å²) in [6.07, 6.45) is 1.09. The van der Waals surface area contributed by atoms with E-state index in [0.29, 0.717) is 11.8 Å². The van der Waals surface area contributed by atoms with Crippen LogP contribution in [0.15, 0.2) is 24.3 Å². The lowest BCUT2D eigenvalue weighted by Gasteiger charge is -2.19. The first kappa shape index (κ1) is 13.5. The number of nitrogens with zero attached hydrogens (tertiary/aromatic N) is 1. The molecule has 0 radical (unpaired) electrons. The summed E-state index contributed by atoms with van der Waals surface area (Å²) in [5, 5.41) is 4.73. The molecule has 0 saturated carbocycles. The Bertz CT molecular complexity index is 457. The summed E-state index contributed by atoms with van der Waals surface area (Å²) in [6, 6.07) is 8.41. The molecule has 2 aromatic rings. The van der Waals surface area contributed by atoms with Crippen molar-refractivity contribution in [3.05, 3.63) is 29.3 Å². The summed E-state index contributed by atoms with van der Waals surface area (Å²) in [6.45, 7) is 8.90. The number of hydrogen-bond acceptors (Lipinski definition) is 3. The van der Waals surface area contributed by atoms with Gasteiger partial charge in [-0.1, -0.05) is 32.9 Å². The van der Waals surface area contributed by atoms with Crippen LogP contribution in [-0.2, 0) is 6.42 Å². The first-order valence-corrected chi connectivity index (χ1v) is 7.57. The number of aromatic nitrogens is 1. The minimum absolute atomic E-state index is 0.672. The monoisotopic (exact) mass is 262 g/mol. The van der Waals surface area contributed by atoms with Gasteiger partial charge in [0.05, 0.1) is 15.2 Å². The molecule has 0 saturated heterocycles. The van der Waals surface area contributed by atoms with Crippen molar-refractivity contribution >= 4 is 21.6 Å². The van der Waals surface area contributed by atoms with Gasteiger partial charge in [-0.2, -0.15) is 0 Å². The molecule has 0 aliphatic carbocycles.